The zero-order valence-electron chi connectivity index (χ0n) is 12.6. The second kappa shape index (κ2) is 5.17. The summed E-state index contributed by atoms with van der Waals surface area (Å²) >= 11 is 0. The minimum Gasteiger partial charge on any atom is -0.307 e. The van der Waals surface area contributed by atoms with Gasteiger partial charge in [0.15, 0.2) is 0 Å². The standard InChI is InChI=1S/C18H18N2O/c1-4-20-16-8-6-5-7-15(16)17(18(20)21)19-14-10-9-12(2)13(3)11-14/h5-11H,4H2,1-3H3. The van der Waals surface area contributed by atoms with E-state index in [2.05, 4.69) is 18.8 Å². The van der Waals surface area contributed by atoms with Crippen molar-refractivity contribution in [1.29, 1.82) is 0 Å². The third kappa shape index (κ3) is 2.25. The van der Waals surface area contributed by atoms with Crippen molar-refractivity contribution in [1.82, 2.24) is 0 Å². The van der Waals surface area contributed by atoms with Crippen molar-refractivity contribution in [2.75, 3.05) is 11.4 Å². The number of amides is 1. The molecule has 0 spiro atoms. The summed E-state index contributed by atoms with van der Waals surface area (Å²) in [7, 11) is 0. The van der Waals surface area contributed by atoms with Crippen LogP contribution >= 0.6 is 0 Å². The molecule has 1 amide bonds. The first-order valence-electron chi connectivity index (χ1n) is 7.19. The average molecular weight is 278 g/mol. The van der Waals surface area contributed by atoms with Gasteiger partial charge in [-0.15, -0.1) is 0 Å². The van der Waals surface area contributed by atoms with Gasteiger partial charge in [0.25, 0.3) is 5.91 Å². The first kappa shape index (κ1) is 13.6. The van der Waals surface area contributed by atoms with Crippen molar-refractivity contribution < 1.29 is 4.79 Å². The number of benzene rings is 2. The zero-order chi connectivity index (χ0) is 15.0. The van der Waals surface area contributed by atoms with Gasteiger partial charge < -0.3 is 4.90 Å². The van der Waals surface area contributed by atoms with Crippen molar-refractivity contribution >= 4 is 23.0 Å². The van der Waals surface area contributed by atoms with E-state index in [-0.39, 0.29) is 5.91 Å². The van der Waals surface area contributed by atoms with E-state index in [0.29, 0.717) is 12.3 Å². The van der Waals surface area contributed by atoms with Gasteiger partial charge in [-0.1, -0.05) is 24.3 Å². The highest BCUT2D eigenvalue weighted by molar-refractivity contribution is 6.54. The van der Waals surface area contributed by atoms with Crippen LogP contribution in [0.15, 0.2) is 47.5 Å². The second-order valence-corrected chi connectivity index (χ2v) is 5.30. The van der Waals surface area contributed by atoms with Gasteiger partial charge in [-0.3, -0.25) is 4.79 Å². The molecule has 0 saturated carbocycles. The summed E-state index contributed by atoms with van der Waals surface area (Å²) < 4.78 is 0. The van der Waals surface area contributed by atoms with Crippen LogP contribution in [0.5, 0.6) is 0 Å². The Morgan fingerprint density at radius 3 is 2.52 bits per heavy atom. The Kier molecular flexibility index (Phi) is 3.34. The number of anilines is 1. The fourth-order valence-corrected chi connectivity index (χ4v) is 2.61. The van der Waals surface area contributed by atoms with E-state index in [1.807, 2.05) is 49.4 Å². The second-order valence-electron chi connectivity index (χ2n) is 5.30. The van der Waals surface area contributed by atoms with E-state index in [1.54, 1.807) is 4.90 Å². The smallest absolute Gasteiger partial charge is 0.277 e. The summed E-state index contributed by atoms with van der Waals surface area (Å²) in [6, 6.07) is 13.8. The number of hydrogen-bond acceptors (Lipinski definition) is 2. The summed E-state index contributed by atoms with van der Waals surface area (Å²) in [5, 5.41) is 0. The average Bonchev–Trinajstić information content (AvgIpc) is 2.75. The maximum Gasteiger partial charge on any atom is 0.277 e. The number of para-hydroxylation sites is 1. The molecule has 106 valence electrons. The molecule has 3 rings (SSSR count). The molecule has 1 heterocycles. The van der Waals surface area contributed by atoms with Crippen LogP contribution < -0.4 is 4.90 Å². The van der Waals surface area contributed by atoms with Gasteiger partial charge in [0.1, 0.15) is 5.71 Å². The molecule has 0 unspecified atom stereocenters. The quantitative estimate of drug-likeness (QED) is 0.822. The van der Waals surface area contributed by atoms with E-state index < -0.39 is 0 Å². The molecule has 0 bridgehead atoms. The molecular formula is C18H18N2O. The highest BCUT2D eigenvalue weighted by Gasteiger charge is 2.32. The SMILES string of the molecule is CCN1C(=O)C(=Nc2ccc(C)c(C)c2)c2ccccc21. The van der Waals surface area contributed by atoms with Crippen molar-refractivity contribution in [3.05, 3.63) is 59.2 Å². The van der Waals surface area contributed by atoms with E-state index in [1.165, 1.54) is 11.1 Å². The number of carbonyl (C=O) groups is 1. The lowest BCUT2D eigenvalue weighted by Gasteiger charge is -2.12. The number of rotatable bonds is 2. The Morgan fingerprint density at radius 1 is 1.05 bits per heavy atom. The van der Waals surface area contributed by atoms with Crippen molar-refractivity contribution in [3.8, 4) is 0 Å². The minimum absolute atomic E-state index is 0.0167. The largest absolute Gasteiger partial charge is 0.307 e. The lowest BCUT2D eigenvalue weighted by Crippen LogP contribution is -2.29. The molecule has 0 aliphatic carbocycles. The van der Waals surface area contributed by atoms with Crippen LogP contribution in [0.2, 0.25) is 0 Å². The van der Waals surface area contributed by atoms with Crippen LogP contribution in [-0.4, -0.2) is 18.2 Å². The third-order valence-electron chi connectivity index (χ3n) is 3.95. The molecule has 0 fully saturated rings. The normalized spacial score (nSPS) is 15.7. The lowest BCUT2D eigenvalue weighted by molar-refractivity contribution is -0.112. The van der Waals surface area contributed by atoms with E-state index in [0.717, 1.165) is 16.9 Å². The summed E-state index contributed by atoms with van der Waals surface area (Å²) in [5.41, 5.74) is 5.65. The summed E-state index contributed by atoms with van der Waals surface area (Å²) in [5.74, 6) is -0.0167. The molecule has 0 saturated heterocycles. The first-order chi connectivity index (χ1) is 10.1. The molecule has 2 aromatic rings. The van der Waals surface area contributed by atoms with Gasteiger partial charge in [-0.2, -0.15) is 0 Å². The number of nitrogens with zero attached hydrogens (tertiary/aromatic N) is 2. The topological polar surface area (TPSA) is 32.7 Å². The Morgan fingerprint density at radius 2 is 1.81 bits per heavy atom. The summed E-state index contributed by atoms with van der Waals surface area (Å²) in [6.45, 7) is 6.76. The van der Waals surface area contributed by atoms with Gasteiger partial charge in [0, 0.05) is 12.1 Å². The molecule has 0 aromatic heterocycles. The maximum atomic E-state index is 12.5. The van der Waals surface area contributed by atoms with Gasteiger partial charge >= 0.3 is 0 Å². The minimum atomic E-state index is -0.0167. The predicted molar refractivity (Wildman–Crippen MR) is 86.6 cm³/mol. The number of aliphatic imine (C=N–C) groups is 1. The Balaban J connectivity index is 2.11. The van der Waals surface area contributed by atoms with Gasteiger partial charge in [0.05, 0.1) is 11.4 Å². The van der Waals surface area contributed by atoms with Crippen molar-refractivity contribution in [3.63, 3.8) is 0 Å². The first-order valence-corrected chi connectivity index (χ1v) is 7.19. The molecule has 0 radical (unpaired) electrons. The van der Waals surface area contributed by atoms with E-state index >= 15 is 0 Å². The molecule has 0 N–H and O–H groups in total. The highest BCUT2D eigenvalue weighted by atomic mass is 16.2. The van der Waals surface area contributed by atoms with Gasteiger partial charge in [0.2, 0.25) is 0 Å². The fourth-order valence-electron chi connectivity index (χ4n) is 2.61. The van der Waals surface area contributed by atoms with Crippen LogP contribution in [0.4, 0.5) is 11.4 Å². The van der Waals surface area contributed by atoms with Crippen molar-refractivity contribution in [2.24, 2.45) is 4.99 Å². The van der Waals surface area contributed by atoms with E-state index in [9.17, 15) is 4.79 Å². The Labute approximate surface area is 124 Å². The van der Waals surface area contributed by atoms with Gasteiger partial charge in [-0.25, -0.2) is 4.99 Å². The molecular weight excluding hydrogens is 260 g/mol. The fraction of sp³-hybridized carbons (Fsp3) is 0.222. The number of aryl methyl sites for hydroxylation is 2. The number of likely N-dealkylation sites (N-methyl/N-ethyl adjacent to an activating group) is 1. The van der Waals surface area contributed by atoms with Crippen LogP contribution in [0.25, 0.3) is 0 Å². The van der Waals surface area contributed by atoms with Crippen molar-refractivity contribution in [2.45, 2.75) is 20.8 Å². The molecule has 0 atom stereocenters. The van der Waals surface area contributed by atoms with Crippen LogP contribution in [0.3, 0.4) is 0 Å². The monoisotopic (exact) mass is 278 g/mol. The summed E-state index contributed by atoms with van der Waals surface area (Å²) in [6.07, 6.45) is 0. The van der Waals surface area contributed by atoms with Gasteiger partial charge in [-0.05, 0) is 50.1 Å². The Hall–Kier alpha value is -2.42. The third-order valence-corrected chi connectivity index (χ3v) is 3.95. The van der Waals surface area contributed by atoms with Crippen LogP contribution in [-0.2, 0) is 4.79 Å². The molecule has 21 heavy (non-hydrogen) atoms. The lowest BCUT2D eigenvalue weighted by atomic mass is 10.1. The molecule has 2 aromatic carbocycles. The zero-order valence-corrected chi connectivity index (χ0v) is 12.6. The Bertz CT molecular complexity index is 747. The highest BCUT2D eigenvalue weighted by Crippen LogP contribution is 2.30. The number of hydrogen-bond donors (Lipinski definition) is 0. The summed E-state index contributed by atoms with van der Waals surface area (Å²) in [4.78, 5) is 18.9. The van der Waals surface area contributed by atoms with Crippen LogP contribution in [0.1, 0.15) is 23.6 Å². The molecule has 1 aliphatic rings. The molecule has 3 heteroatoms. The predicted octanol–water partition coefficient (Wildman–Crippen LogP) is 3.79. The van der Waals surface area contributed by atoms with Crippen LogP contribution in [0, 0.1) is 13.8 Å². The molecule has 3 nitrogen and oxygen atoms in total. The molecule has 1 aliphatic heterocycles. The number of fused-ring (bicyclic) bond motifs is 1. The number of carbonyl (C=O) groups excluding carboxylic acids is 1. The maximum absolute atomic E-state index is 12.5. The van der Waals surface area contributed by atoms with E-state index in [4.69, 9.17) is 0 Å².